The van der Waals surface area contributed by atoms with Gasteiger partial charge in [-0.1, -0.05) is 58.2 Å². The van der Waals surface area contributed by atoms with E-state index >= 15 is 0 Å². The Labute approximate surface area is 204 Å². The Hall–Kier alpha value is -1.87. The Morgan fingerprint density at radius 3 is 1.48 bits per heavy atom. The summed E-state index contributed by atoms with van der Waals surface area (Å²) in [6.45, 7) is 13.5. The second-order valence-electron chi connectivity index (χ2n) is 9.47. The topological polar surface area (TPSA) is 46.5 Å². The molecule has 0 amide bonds. The molecule has 0 aliphatic heterocycles. The maximum atomic E-state index is 11.6. The highest BCUT2D eigenvalue weighted by atomic mass is 16.5. The van der Waals surface area contributed by atoms with E-state index in [1.165, 1.54) is 34.3 Å². The van der Waals surface area contributed by atoms with Crippen LogP contribution in [0.3, 0.4) is 0 Å². The smallest absolute Gasteiger partial charge is 0.306 e. The minimum atomic E-state index is -0.179. The Balaban J connectivity index is 4.04. The summed E-state index contributed by atoms with van der Waals surface area (Å²) in [7, 11) is 0. The number of unbranched alkanes of at least 4 members (excludes halogenated alkanes) is 1. The predicted octanol–water partition coefficient (Wildman–Crippen LogP) is 8.56. The molecule has 0 radical (unpaired) electrons. The van der Waals surface area contributed by atoms with E-state index in [2.05, 4.69) is 71.9 Å². The van der Waals surface area contributed by atoms with Crippen LogP contribution in [0.1, 0.15) is 112 Å². The van der Waals surface area contributed by atoms with Crippen LogP contribution in [0.4, 0.5) is 0 Å². The number of carbonyl (C=O) groups is 1. The van der Waals surface area contributed by atoms with Crippen LogP contribution >= 0.6 is 0 Å². The normalized spacial score (nSPS) is 13.3. The summed E-state index contributed by atoms with van der Waals surface area (Å²) in [5, 5.41) is 8.70. The third kappa shape index (κ3) is 21.7. The summed E-state index contributed by atoms with van der Waals surface area (Å²) < 4.78 is 5.06. The number of carbonyl (C=O) groups excluding carboxylic acids is 1. The van der Waals surface area contributed by atoms with E-state index in [4.69, 9.17) is 9.84 Å². The molecule has 0 rings (SSSR count). The maximum Gasteiger partial charge on any atom is 0.306 e. The van der Waals surface area contributed by atoms with E-state index in [1.807, 2.05) is 0 Å². The molecule has 0 saturated heterocycles. The number of aliphatic hydroxyl groups is 1. The summed E-state index contributed by atoms with van der Waals surface area (Å²) >= 11 is 0. The standard InChI is InChI=1S/C30H50O3/c1-25(2)13-9-16-28(5)19-10-17-26(3)14-7-8-15-27(4)18-11-20-29(6)21-22-30(32)33-24-12-23-31/h13-15,19-20,31H,7-12,16-18,21-24H2,1-6H3/b26-14+,27-15+,28-19+,29-20+. The van der Waals surface area contributed by atoms with Gasteiger partial charge in [0.05, 0.1) is 6.61 Å². The maximum absolute atomic E-state index is 11.6. The van der Waals surface area contributed by atoms with Gasteiger partial charge in [-0.05, 0) is 99.3 Å². The zero-order chi connectivity index (χ0) is 24.9. The highest BCUT2D eigenvalue weighted by Gasteiger charge is 2.03. The van der Waals surface area contributed by atoms with Crippen molar-refractivity contribution in [2.24, 2.45) is 0 Å². The number of hydrogen-bond acceptors (Lipinski definition) is 3. The lowest BCUT2D eigenvalue weighted by Crippen LogP contribution is -2.06. The molecule has 33 heavy (non-hydrogen) atoms. The molecular formula is C30H50O3. The predicted molar refractivity (Wildman–Crippen MR) is 143 cm³/mol. The number of rotatable bonds is 18. The second-order valence-corrected chi connectivity index (χ2v) is 9.47. The molecule has 0 bridgehead atoms. The number of hydrogen-bond donors (Lipinski definition) is 1. The first-order chi connectivity index (χ1) is 15.7. The van der Waals surface area contributed by atoms with E-state index in [1.54, 1.807) is 0 Å². The van der Waals surface area contributed by atoms with E-state index in [9.17, 15) is 4.79 Å². The van der Waals surface area contributed by atoms with Crippen molar-refractivity contribution >= 4 is 5.97 Å². The Morgan fingerprint density at radius 2 is 1.03 bits per heavy atom. The molecule has 3 nitrogen and oxygen atoms in total. The molecule has 0 aromatic heterocycles. The summed E-state index contributed by atoms with van der Waals surface area (Å²) in [6.07, 6.45) is 22.3. The van der Waals surface area contributed by atoms with Gasteiger partial charge in [0.2, 0.25) is 0 Å². The minimum Gasteiger partial charge on any atom is -0.466 e. The van der Waals surface area contributed by atoms with Crippen LogP contribution in [0.25, 0.3) is 0 Å². The summed E-state index contributed by atoms with van der Waals surface area (Å²) in [5.74, 6) is -0.179. The molecule has 0 aliphatic rings. The van der Waals surface area contributed by atoms with E-state index < -0.39 is 0 Å². The summed E-state index contributed by atoms with van der Waals surface area (Å²) in [6, 6.07) is 0. The Bertz CT molecular complexity index is 685. The fourth-order valence-electron chi connectivity index (χ4n) is 3.37. The third-order valence-electron chi connectivity index (χ3n) is 5.60. The van der Waals surface area contributed by atoms with Crippen molar-refractivity contribution in [2.75, 3.05) is 13.2 Å². The van der Waals surface area contributed by atoms with E-state index in [0.717, 1.165) is 51.4 Å². The van der Waals surface area contributed by atoms with Crippen LogP contribution in [0, 0.1) is 0 Å². The van der Waals surface area contributed by atoms with Crippen LogP contribution < -0.4 is 0 Å². The molecule has 0 saturated carbocycles. The number of allylic oxidation sites excluding steroid dienone is 10. The lowest BCUT2D eigenvalue weighted by molar-refractivity contribution is -0.143. The summed E-state index contributed by atoms with van der Waals surface area (Å²) in [4.78, 5) is 11.6. The average molecular weight is 459 g/mol. The van der Waals surface area contributed by atoms with Gasteiger partial charge in [0.25, 0.3) is 0 Å². The zero-order valence-electron chi connectivity index (χ0n) is 22.3. The number of aliphatic hydroxyl groups excluding tert-OH is 1. The van der Waals surface area contributed by atoms with Gasteiger partial charge in [-0.25, -0.2) is 0 Å². The highest BCUT2D eigenvalue weighted by Crippen LogP contribution is 2.14. The van der Waals surface area contributed by atoms with E-state index in [-0.39, 0.29) is 12.6 Å². The third-order valence-corrected chi connectivity index (χ3v) is 5.60. The molecule has 1 N–H and O–H groups in total. The number of ether oxygens (including phenoxy) is 1. The van der Waals surface area contributed by atoms with Crippen molar-refractivity contribution in [3.8, 4) is 0 Å². The highest BCUT2D eigenvalue weighted by molar-refractivity contribution is 5.69. The molecule has 0 unspecified atom stereocenters. The van der Waals surface area contributed by atoms with Gasteiger partial charge in [-0.15, -0.1) is 0 Å². The van der Waals surface area contributed by atoms with E-state index in [0.29, 0.717) is 19.4 Å². The monoisotopic (exact) mass is 458 g/mol. The van der Waals surface area contributed by atoms with Gasteiger partial charge >= 0.3 is 5.97 Å². The molecule has 0 spiro atoms. The van der Waals surface area contributed by atoms with Gasteiger partial charge in [0.15, 0.2) is 0 Å². The van der Waals surface area contributed by atoms with Gasteiger partial charge < -0.3 is 9.84 Å². The van der Waals surface area contributed by atoms with Crippen LogP contribution in [0.5, 0.6) is 0 Å². The molecule has 0 aromatic carbocycles. The first-order valence-corrected chi connectivity index (χ1v) is 12.8. The van der Waals surface area contributed by atoms with Crippen molar-refractivity contribution in [3.63, 3.8) is 0 Å². The van der Waals surface area contributed by atoms with Gasteiger partial charge in [0, 0.05) is 19.4 Å². The summed E-state index contributed by atoms with van der Waals surface area (Å²) in [5.41, 5.74) is 7.07. The fraction of sp³-hybridized carbons (Fsp3) is 0.633. The lowest BCUT2D eigenvalue weighted by Gasteiger charge is -2.04. The molecular weight excluding hydrogens is 408 g/mol. The Morgan fingerprint density at radius 1 is 0.606 bits per heavy atom. The molecule has 3 heteroatoms. The van der Waals surface area contributed by atoms with Crippen molar-refractivity contribution in [3.05, 3.63) is 58.2 Å². The van der Waals surface area contributed by atoms with Crippen LogP contribution in [-0.4, -0.2) is 24.3 Å². The number of esters is 1. The molecule has 0 atom stereocenters. The minimum absolute atomic E-state index is 0.0592. The molecule has 0 heterocycles. The largest absolute Gasteiger partial charge is 0.466 e. The van der Waals surface area contributed by atoms with Crippen molar-refractivity contribution in [1.29, 1.82) is 0 Å². The molecule has 0 aromatic rings. The lowest BCUT2D eigenvalue weighted by atomic mass is 10.0. The van der Waals surface area contributed by atoms with Gasteiger partial charge in [-0.3, -0.25) is 4.79 Å². The van der Waals surface area contributed by atoms with Gasteiger partial charge in [0.1, 0.15) is 0 Å². The van der Waals surface area contributed by atoms with Gasteiger partial charge in [-0.2, -0.15) is 0 Å². The van der Waals surface area contributed by atoms with Crippen molar-refractivity contribution in [1.82, 2.24) is 0 Å². The van der Waals surface area contributed by atoms with Crippen molar-refractivity contribution in [2.45, 2.75) is 112 Å². The molecule has 0 aliphatic carbocycles. The zero-order valence-corrected chi connectivity index (χ0v) is 22.3. The average Bonchev–Trinajstić information content (AvgIpc) is 2.75. The van der Waals surface area contributed by atoms with Crippen molar-refractivity contribution < 1.29 is 14.6 Å². The Kier molecular flexibility index (Phi) is 19.5. The second kappa shape index (κ2) is 20.7. The van der Waals surface area contributed by atoms with Crippen LogP contribution in [-0.2, 0) is 9.53 Å². The fourth-order valence-corrected chi connectivity index (χ4v) is 3.37. The SMILES string of the molecule is CC(C)=CCC/C(C)=C/CC/C(C)=C/CC/C=C(\C)CC/C=C(\C)CCC(=O)OCCCO. The van der Waals surface area contributed by atoms with Crippen LogP contribution in [0.2, 0.25) is 0 Å². The first kappa shape index (κ1) is 31.1. The molecule has 188 valence electrons. The van der Waals surface area contributed by atoms with Crippen LogP contribution in [0.15, 0.2) is 58.2 Å². The molecule has 0 fully saturated rings. The first-order valence-electron chi connectivity index (χ1n) is 12.8. The quantitative estimate of drug-likeness (QED) is 0.127.